The number of aryl methyl sites for hydroxylation is 2. The van der Waals surface area contributed by atoms with Gasteiger partial charge in [-0.15, -0.1) is 0 Å². The fraction of sp³-hybridized carbons (Fsp3) is 0.500. The van der Waals surface area contributed by atoms with Crippen LogP contribution in [0.4, 0.5) is 0 Å². The Hall–Kier alpha value is -1.95. The van der Waals surface area contributed by atoms with Gasteiger partial charge in [0.25, 0.3) is 11.6 Å². The molecule has 0 bridgehead atoms. The average molecular weight is 277 g/mol. The second-order valence-electron chi connectivity index (χ2n) is 4.72. The molecule has 0 radical (unpaired) electrons. The summed E-state index contributed by atoms with van der Waals surface area (Å²) in [5.41, 5.74) is 2.33. The number of amides is 1. The number of nitrogens with zero attached hydrogens (tertiary/aromatic N) is 3. The first kappa shape index (κ1) is 14.5. The number of rotatable bonds is 5. The van der Waals surface area contributed by atoms with Crippen molar-refractivity contribution >= 4 is 17.0 Å². The Morgan fingerprint density at radius 2 is 2.20 bits per heavy atom. The van der Waals surface area contributed by atoms with Gasteiger partial charge in [0, 0.05) is 25.4 Å². The third-order valence-corrected chi connectivity index (χ3v) is 3.23. The lowest BCUT2D eigenvalue weighted by Crippen LogP contribution is -2.32. The molecule has 2 rings (SSSR count). The maximum absolute atomic E-state index is 12.6. The van der Waals surface area contributed by atoms with Crippen LogP contribution < -0.4 is 0 Å². The smallest absolute Gasteiger partial charge is 0.258 e. The monoisotopic (exact) mass is 277 g/mol. The number of carbonyl (C=O) groups excluding carboxylic acids is 1. The van der Waals surface area contributed by atoms with Gasteiger partial charge in [-0.2, -0.15) is 0 Å². The molecule has 108 valence electrons. The fourth-order valence-electron chi connectivity index (χ4n) is 2.22. The SMILES string of the molecule is CCN(CCCO)C(=O)c1cc(C)nc2onc(C)c12. The van der Waals surface area contributed by atoms with E-state index in [1.165, 1.54) is 0 Å². The van der Waals surface area contributed by atoms with Crippen LogP contribution in [0.3, 0.4) is 0 Å². The van der Waals surface area contributed by atoms with Crippen molar-refractivity contribution in [2.45, 2.75) is 27.2 Å². The van der Waals surface area contributed by atoms with E-state index in [0.717, 1.165) is 5.69 Å². The van der Waals surface area contributed by atoms with Crippen molar-refractivity contribution in [2.24, 2.45) is 0 Å². The van der Waals surface area contributed by atoms with Gasteiger partial charge in [0.05, 0.1) is 16.6 Å². The number of hydrogen-bond acceptors (Lipinski definition) is 5. The van der Waals surface area contributed by atoms with Gasteiger partial charge in [0.1, 0.15) is 0 Å². The van der Waals surface area contributed by atoms with E-state index in [4.69, 9.17) is 9.63 Å². The summed E-state index contributed by atoms with van der Waals surface area (Å²) < 4.78 is 5.14. The molecule has 20 heavy (non-hydrogen) atoms. The second-order valence-corrected chi connectivity index (χ2v) is 4.72. The zero-order valence-corrected chi connectivity index (χ0v) is 12.0. The highest BCUT2D eigenvalue weighted by Crippen LogP contribution is 2.23. The third-order valence-electron chi connectivity index (χ3n) is 3.23. The predicted octanol–water partition coefficient (Wildman–Crippen LogP) is 1.68. The first-order chi connectivity index (χ1) is 9.58. The molecular formula is C14H19N3O3. The Balaban J connectivity index is 2.45. The van der Waals surface area contributed by atoms with Crippen molar-refractivity contribution in [3.8, 4) is 0 Å². The minimum atomic E-state index is -0.0808. The van der Waals surface area contributed by atoms with Crippen molar-refractivity contribution in [3.05, 3.63) is 23.0 Å². The van der Waals surface area contributed by atoms with Gasteiger partial charge >= 0.3 is 0 Å². The maximum Gasteiger partial charge on any atom is 0.258 e. The molecule has 0 unspecified atom stereocenters. The number of aromatic nitrogens is 2. The van der Waals surface area contributed by atoms with E-state index < -0.39 is 0 Å². The summed E-state index contributed by atoms with van der Waals surface area (Å²) in [4.78, 5) is 18.6. The molecule has 1 N–H and O–H groups in total. The van der Waals surface area contributed by atoms with Gasteiger partial charge in [0.15, 0.2) is 0 Å². The van der Waals surface area contributed by atoms with E-state index in [0.29, 0.717) is 41.9 Å². The number of pyridine rings is 1. The number of aliphatic hydroxyl groups excluding tert-OH is 1. The summed E-state index contributed by atoms with van der Waals surface area (Å²) in [6.45, 7) is 6.72. The lowest BCUT2D eigenvalue weighted by Gasteiger charge is -2.20. The summed E-state index contributed by atoms with van der Waals surface area (Å²) in [5, 5.41) is 13.5. The van der Waals surface area contributed by atoms with Gasteiger partial charge < -0.3 is 14.5 Å². The zero-order chi connectivity index (χ0) is 14.7. The van der Waals surface area contributed by atoms with Gasteiger partial charge in [-0.1, -0.05) is 5.16 Å². The van der Waals surface area contributed by atoms with Gasteiger partial charge in [-0.3, -0.25) is 4.79 Å². The topological polar surface area (TPSA) is 79.5 Å². The highest BCUT2D eigenvalue weighted by Gasteiger charge is 2.21. The van der Waals surface area contributed by atoms with E-state index >= 15 is 0 Å². The number of fused-ring (bicyclic) bond motifs is 1. The molecule has 0 aliphatic rings. The molecule has 0 fully saturated rings. The van der Waals surface area contributed by atoms with Crippen LogP contribution in [0.1, 0.15) is 35.1 Å². The van der Waals surface area contributed by atoms with Crippen LogP contribution in [0.25, 0.3) is 11.1 Å². The van der Waals surface area contributed by atoms with Crippen LogP contribution in [0.15, 0.2) is 10.6 Å². The molecule has 2 heterocycles. The van der Waals surface area contributed by atoms with Crippen LogP contribution in [0, 0.1) is 13.8 Å². The van der Waals surface area contributed by atoms with Crippen LogP contribution in [-0.4, -0.2) is 45.8 Å². The first-order valence-corrected chi connectivity index (χ1v) is 6.72. The molecule has 0 saturated carbocycles. The summed E-state index contributed by atoms with van der Waals surface area (Å²) >= 11 is 0. The second kappa shape index (κ2) is 6.00. The molecule has 6 heteroatoms. The maximum atomic E-state index is 12.6. The quantitative estimate of drug-likeness (QED) is 0.899. The van der Waals surface area contributed by atoms with Crippen molar-refractivity contribution in [1.82, 2.24) is 15.0 Å². The van der Waals surface area contributed by atoms with Crippen LogP contribution in [0.2, 0.25) is 0 Å². The highest BCUT2D eigenvalue weighted by molar-refractivity contribution is 6.06. The van der Waals surface area contributed by atoms with E-state index in [1.54, 1.807) is 17.9 Å². The van der Waals surface area contributed by atoms with E-state index in [1.807, 2.05) is 13.8 Å². The summed E-state index contributed by atoms with van der Waals surface area (Å²) in [6.07, 6.45) is 0.565. The molecule has 1 amide bonds. The summed E-state index contributed by atoms with van der Waals surface area (Å²) in [7, 11) is 0. The van der Waals surface area contributed by atoms with Crippen molar-refractivity contribution in [1.29, 1.82) is 0 Å². The molecular weight excluding hydrogens is 258 g/mol. The Kier molecular flexibility index (Phi) is 4.34. The molecule has 0 aliphatic carbocycles. The normalized spacial score (nSPS) is 11.0. The molecule has 0 aliphatic heterocycles. The number of carbonyl (C=O) groups is 1. The molecule has 6 nitrogen and oxygen atoms in total. The predicted molar refractivity (Wildman–Crippen MR) is 74.6 cm³/mol. The summed E-state index contributed by atoms with van der Waals surface area (Å²) in [6, 6.07) is 1.76. The van der Waals surface area contributed by atoms with E-state index in [9.17, 15) is 4.79 Å². The number of aliphatic hydroxyl groups is 1. The average Bonchev–Trinajstić information content (AvgIpc) is 2.80. The van der Waals surface area contributed by atoms with Gasteiger partial charge in [-0.25, -0.2) is 4.98 Å². The third kappa shape index (κ3) is 2.65. The molecule has 2 aromatic rings. The largest absolute Gasteiger partial charge is 0.396 e. The number of hydrogen-bond donors (Lipinski definition) is 1. The van der Waals surface area contributed by atoms with Gasteiger partial charge in [-0.05, 0) is 33.3 Å². The van der Waals surface area contributed by atoms with E-state index in [-0.39, 0.29) is 12.5 Å². The van der Waals surface area contributed by atoms with Gasteiger partial charge in [0.2, 0.25) is 0 Å². The Morgan fingerprint density at radius 3 is 2.85 bits per heavy atom. The van der Waals surface area contributed by atoms with Crippen molar-refractivity contribution in [2.75, 3.05) is 19.7 Å². The fourth-order valence-corrected chi connectivity index (χ4v) is 2.22. The Labute approximate surface area is 117 Å². The highest BCUT2D eigenvalue weighted by atomic mass is 16.5. The van der Waals surface area contributed by atoms with Crippen molar-refractivity contribution in [3.63, 3.8) is 0 Å². The first-order valence-electron chi connectivity index (χ1n) is 6.72. The van der Waals surface area contributed by atoms with E-state index in [2.05, 4.69) is 10.1 Å². The van der Waals surface area contributed by atoms with Crippen LogP contribution in [0.5, 0.6) is 0 Å². The van der Waals surface area contributed by atoms with Crippen LogP contribution in [-0.2, 0) is 0 Å². The molecule has 0 atom stereocenters. The summed E-state index contributed by atoms with van der Waals surface area (Å²) in [5.74, 6) is -0.0808. The standard InChI is InChI=1S/C14H19N3O3/c1-4-17(6-5-7-18)14(19)11-8-9(2)15-13-12(11)10(3)16-20-13/h8,18H,4-7H2,1-3H3. The van der Waals surface area contributed by atoms with Crippen LogP contribution >= 0.6 is 0 Å². The minimum absolute atomic E-state index is 0.0703. The minimum Gasteiger partial charge on any atom is -0.396 e. The molecule has 0 aromatic carbocycles. The molecule has 2 aromatic heterocycles. The molecule has 0 spiro atoms. The lowest BCUT2D eigenvalue weighted by molar-refractivity contribution is 0.0756. The molecule has 0 saturated heterocycles. The zero-order valence-electron chi connectivity index (χ0n) is 12.0. The lowest BCUT2D eigenvalue weighted by atomic mass is 10.1. The Morgan fingerprint density at radius 1 is 1.45 bits per heavy atom. The Bertz CT molecular complexity index is 621. The van der Waals surface area contributed by atoms with Crippen molar-refractivity contribution < 1.29 is 14.4 Å².